The molecule has 3 heteroatoms. The minimum atomic E-state index is 0.979. The Morgan fingerprint density at radius 3 is 1.94 bits per heavy atom. The summed E-state index contributed by atoms with van der Waals surface area (Å²) in [5.74, 6) is 0.979. The van der Waals surface area contributed by atoms with E-state index in [1.165, 1.54) is 59.6 Å². The third-order valence-electron chi connectivity index (χ3n) is 7.58. The second-order valence-corrected chi connectivity index (χ2v) is 9.26. The van der Waals surface area contributed by atoms with E-state index in [1.807, 2.05) is 0 Å². The lowest BCUT2D eigenvalue weighted by atomic mass is 9.97. The van der Waals surface area contributed by atoms with E-state index in [-0.39, 0.29) is 0 Å². The predicted molar refractivity (Wildman–Crippen MR) is 142 cm³/mol. The van der Waals surface area contributed by atoms with E-state index in [0.717, 1.165) is 16.8 Å². The summed E-state index contributed by atoms with van der Waals surface area (Å²) >= 11 is 0. The Balaban J connectivity index is 1.65. The zero-order valence-electron chi connectivity index (χ0n) is 18.2. The van der Waals surface area contributed by atoms with Gasteiger partial charge >= 0.3 is 0 Å². The molecule has 0 N–H and O–H groups in total. The van der Waals surface area contributed by atoms with Gasteiger partial charge in [-0.25, -0.2) is 4.98 Å². The third kappa shape index (κ3) is 1.82. The quantitative estimate of drug-likeness (QED) is 0.223. The molecule has 3 heterocycles. The van der Waals surface area contributed by atoms with E-state index in [4.69, 9.17) is 4.98 Å². The Bertz CT molecular complexity index is 2280. The number of nitrogens with zero attached hydrogens (tertiary/aromatic N) is 3. The first-order chi connectivity index (χ1) is 16.9. The van der Waals surface area contributed by atoms with Crippen LogP contribution >= 0.6 is 0 Å². The summed E-state index contributed by atoms with van der Waals surface area (Å²) in [6.07, 6.45) is 0. The molecule has 9 aromatic rings. The van der Waals surface area contributed by atoms with E-state index in [0.29, 0.717) is 0 Å². The molecule has 0 aliphatic heterocycles. The van der Waals surface area contributed by atoms with E-state index in [2.05, 4.69) is 112 Å². The Labute approximate surface area is 193 Å². The molecule has 0 aliphatic rings. The average Bonchev–Trinajstić information content (AvgIpc) is 3.53. The van der Waals surface area contributed by atoms with Crippen molar-refractivity contribution in [2.75, 3.05) is 0 Å². The Hall–Kier alpha value is -4.63. The van der Waals surface area contributed by atoms with Gasteiger partial charge in [0.15, 0.2) is 0 Å². The van der Waals surface area contributed by atoms with Crippen LogP contribution in [0.15, 0.2) is 103 Å². The standard InChI is InChI=1S/C31H17N3/c1-2-9-19-17-27-25(16-18(19)8-1)32-31-33(27)26-15-7-14-24-28-22-12-5-3-10-20(22)21-11-4-6-13-23(21)30(28)34(31)29(24)26/h1-17H. The van der Waals surface area contributed by atoms with Gasteiger partial charge in [0.2, 0.25) is 5.78 Å². The van der Waals surface area contributed by atoms with Crippen molar-refractivity contribution in [2.24, 2.45) is 0 Å². The summed E-state index contributed by atoms with van der Waals surface area (Å²) in [6.45, 7) is 0. The van der Waals surface area contributed by atoms with Crippen molar-refractivity contribution in [1.82, 2.24) is 13.8 Å². The first-order valence-corrected chi connectivity index (χ1v) is 11.7. The van der Waals surface area contributed by atoms with Crippen LogP contribution in [0.25, 0.3) is 76.5 Å². The largest absolute Gasteiger partial charge is 0.276 e. The first-order valence-electron chi connectivity index (χ1n) is 11.7. The normalized spacial score (nSPS) is 12.7. The van der Waals surface area contributed by atoms with Crippen molar-refractivity contribution < 1.29 is 0 Å². The van der Waals surface area contributed by atoms with Crippen molar-refractivity contribution in [3.05, 3.63) is 103 Å². The number of benzene rings is 6. The van der Waals surface area contributed by atoms with Gasteiger partial charge in [-0.2, -0.15) is 0 Å². The zero-order chi connectivity index (χ0) is 22.0. The minimum absolute atomic E-state index is 0.979. The molecule has 0 aliphatic carbocycles. The Morgan fingerprint density at radius 2 is 1.12 bits per heavy atom. The summed E-state index contributed by atoms with van der Waals surface area (Å²) in [6, 6.07) is 37.3. The van der Waals surface area contributed by atoms with Crippen LogP contribution in [-0.4, -0.2) is 13.8 Å². The lowest BCUT2D eigenvalue weighted by Gasteiger charge is -2.08. The summed E-state index contributed by atoms with van der Waals surface area (Å²) in [5.41, 5.74) is 5.88. The molecular weight excluding hydrogens is 414 g/mol. The van der Waals surface area contributed by atoms with Crippen LogP contribution < -0.4 is 0 Å². The summed E-state index contributed by atoms with van der Waals surface area (Å²) < 4.78 is 4.74. The fraction of sp³-hybridized carbons (Fsp3) is 0. The molecule has 156 valence electrons. The predicted octanol–water partition coefficient (Wildman–Crippen LogP) is 7.94. The highest BCUT2D eigenvalue weighted by Gasteiger charge is 2.23. The second-order valence-electron chi connectivity index (χ2n) is 9.26. The van der Waals surface area contributed by atoms with Crippen LogP contribution in [0.1, 0.15) is 0 Å². The van der Waals surface area contributed by atoms with Crippen molar-refractivity contribution >= 4 is 76.5 Å². The molecule has 34 heavy (non-hydrogen) atoms. The van der Waals surface area contributed by atoms with Gasteiger partial charge in [-0.3, -0.25) is 8.80 Å². The van der Waals surface area contributed by atoms with Crippen molar-refractivity contribution in [3.63, 3.8) is 0 Å². The molecule has 9 rings (SSSR count). The fourth-order valence-corrected chi connectivity index (χ4v) is 6.23. The Morgan fingerprint density at radius 1 is 0.471 bits per heavy atom. The Kier molecular flexibility index (Phi) is 2.81. The van der Waals surface area contributed by atoms with Gasteiger partial charge in [0.25, 0.3) is 0 Å². The van der Waals surface area contributed by atoms with Crippen molar-refractivity contribution in [3.8, 4) is 0 Å². The van der Waals surface area contributed by atoms with Gasteiger partial charge in [-0.05, 0) is 45.1 Å². The van der Waals surface area contributed by atoms with Gasteiger partial charge in [-0.1, -0.05) is 84.9 Å². The van der Waals surface area contributed by atoms with Crippen LogP contribution in [-0.2, 0) is 0 Å². The lowest BCUT2D eigenvalue weighted by Crippen LogP contribution is -1.87. The number of aromatic nitrogens is 3. The number of fused-ring (bicyclic) bond motifs is 14. The van der Waals surface area contributed by atoms with Gasteiger partial charge in [0.05, 0.1) is 27.6 Å². The summed E-state index contributed by atoms with van der Waals surface area (Å²) in [5, 5.41) is 10.2. The highest BCUT2D eigenvalue weighted by molar-refractivity contribution is 6.33. The number of rotatable bonds is 0. The molecular formula is C31H17N3. The highest BCUT2D eigenvalue weighted by atomic mass is 15.2. The van der Waals surface area contributed by atoms with E-state index in [9.17, 15) is 0 Å². The fourth-order valence-electron chi connectivity index (χ4n) is 6.23. The van der Waals surface area contributed by atoms with E-state index < -0.39 is 0 Å². The number of imidazole rings is 2. The molecule has 0 spiro atoms. The SMILES string of the molecule is c1ccc2cc3c(cc2c1)nc1n3c2cccc3c4c5ccccc5c5ccccc5c4n1c32. The number of hydrogen-bond donors (Lipinski definition) is 0. The number of hydrogen-bond acceptors (Lipinski definition) is 1. The molecule has 0 bridgehead atoms. The maximum absolute atomic E-state index is 5.22. The monoisotopic (exact) mass is 431 g/mol. The van der Waals surface area contributed by atoms with Crippen LogP contribution in [0.4, 0.5) is 0 Å². The molecule has 0 atom stereocenters. The second kappa shape index (κ2) is 5.64. The molecule has 3 aromatic heterocycles. The zero-order valence-corrected chi connectivity index (χ0v) is 18.2. The molecule has 0 fully saturated rings. The van der Waals surface area contributed by atoms with Crippen LogP contribution in [0, 0.1) is 0 Å². The highest BCUT2D eigenvalue weighted by Crippen LogP contribution is 2.43. The van der Waals surface area contributed by atoms with Crippen molar-refractivity contribution in [1.29, 1.82) is 0 Å². The van der Waals surface area contributed by atoms with Gasteiger partial charge in [0, 0.05) is 16.2 Å². The lowest BCUT2D eigenvalue weighted by molar-refractivity contribution is 1.22. The molecule has 0 saturated heterocycles. The maximum atomic E-state index is 5.22. The molecule has 0 amide bonds. The smallest absolute Gasteiger partial charge is 0.220 e. The molecule has 3 nitrogen and oxygen atoms in total. The van der Waals surface area contributed by atoms with Gasteiger partial charge < -0.3 is 0 Å². The maximum Gasteiger partial charge on any atom is 0.220 e. The van der Waals surface area contributed by atoms with Crippen LogP contribution in [0.5, 0.6) is 0 Å². The van der Waals surface area contributed by atoms with E-state index in [1.54, 1.807) is 0 Å². The van der Waals surface area contributed by atoms with Crippen LogP contribution in [0.2, 0.25) is 0 Å². The third-order valence-corrected chi connectivity index (χ3v) is 7.58. The molecule has 6 aromatic carbocycles. The minimum Gasteiger partial charge on any atom is -0.276 e. The van der Waals surface area contributed by atoms with Crippen LogP contribution in [0.3, 0.4) is 0 Å². The molecule has 0 saturated carbocycles. The van der Waals surface area contributed by atoms with Gasteiger partial charge in [0.1, 0.15) is 0 Å². The number of para-hydroxylation sites is 1. The first kappa shape index (κ1) is 16.9. The summed E-state index contributed by atoms with van der Waals surface area (Å²) in [7, 11) is 0. The van der Waals surface area contributed by atoms with Gasteiger partial charge in [-0.15, -0.1) is 0 Å². The van der Waals surface area contributed by atoms with E-state index >= 15 is 0 Å². The molecule has 0 unspecified atom stereocenters. The summed E-state index contributed by atoms with van der Waals surface area (Å²) in [4.78, 5) is 5.22. The average molecular weight is 431 g/mol. The molecule has 0 radical (unpaired) electrons. The van der Waals surface area contributed by atoms with Crippen molar-refractivity contribution in [2.45, 2.75) is 0 Å². The topological polar surface area (TPSA) is 21.7 Å².